The third-order valence-corrected chi connectivity index (χ3v) is 5.93. The molecule has 0 heterocycles. The second-order valence-corrected chi connectivity index (χ2v) is 7.32. The molecular formula is C21H23NO2. The quantitative estimate of drug-likeness (QED) is 0.882. The highest BCUT2D eigenvalue weighted by Crippen LogP contribution is 2.60. The molecule has 0 aromatic heterocycles. The molecule has 3 unspecified atom stereocenters. The van der Waals surface area contributed by atoms with Gasteiger partial charge >= 0.3 is 0 Å². The molecule has 2 aromatic carbocycles. The highest BCUT2D eigenvalue weighted by Gasteiger charge is 2.52. The number of phenols is 1. The summed E-state index contributed by atoms with van der Waals surface area (Å²) in [5.74, 6) is 1.17. The van der Waals surface area contributed by atoms with E-state index in [2.05, 4.69) is 42.6 Å². The molecule has 0 aliphatic heterocycles. The molecule has 0 radical (unpaired) electrons. The molecule has 124 valence electrons. The van der Waals surface area contributed by atoms with Crippen molar-refractivity contribution in [1.82, 2.24) is 5.32 Å². The van der Waals surface area contributed by atoms with Crippen LogP contribution in [0.4, 0.5) is 0 Å². The highest BCUT2D eigenvalue weighted by molar-refractivity contribution is 5.74. The Kier molecular flexibility index (Phi) is 3.41. The van der Waals surface area contributed by atoms with Crippen LogP contribution in [-0.2, 0) is 4.79 Å². The molecule has 4 rings (SSSR count). The van der Waals surface area contributed by atoms with Gasteiger partial charge in [0.2, 0.25) is 5.91 Å². The van der Waals surface area contributed by atoms with Gasteiger partial charge in [0.25, 0.3) is 0 Å². The van der Waals surface area contributed by atoms with Crippen molar-refractivity contribution in [2.24, 2.45) is 0 Å². The van der Waals surface area contributed by atoms with Gasteiger partial charge in [-0.25, -0.2) is 0 Å². The summed E-state index contributed by atoms with van der Waals surface area (Å²) in [6, 6.07) is 12.6. The first kappa shape index (κ1) is 15.3. The number of rotatable bonds is 2. The fourth-order valence-electron chi connectivity index (χ4n) is 4.82. The van der Waals surface area contributed by atoms with Crippen molar-refractivity contribution in [3.8, 4) is 5.75 Å². The lowest BCUT2D eigenvalue weighted by atomic mass is 9.75. The van der Waals surface area contributed by atoms with E-state index in [0.717, 1.165) is 17.5 Å². The van der Waals surface area contributed by atoms with Crippen LogP contribution in [0.3, 0.4) is 0 Å². The molecule has 2 aromatic rings. The molecule has 2 aliphatic carbocycles. The van der Waals surface area contributed by atoms with Crippen molar-refractivity contribution in [3.63, 3.8) is 0 Å². The number of phenolic OH excluding ortho intramolecular Hbond substituents is 1. The van der Waals surface area contributed by atoms with Gasteiger partial charge in [-0.2, -0.15) is 0 Å². The van der Waals surface area contributed by atoms with Crippen molar-refractivity contribution in [2.45, 2.75) is 51.0 Å². The van der Waals surface area contributed by atoms with Crippen molar-refractivity contribution in [2.75, 3.05) is 0 Å². The van der Waals surface area contributed by atoms with Crippen molar-refractivity contribution in [1.29, 1.82) is 0 Å². The smallest absolute Gasteiger partial charge is 0.217 e. The maximum absolute atomic E-state index is 11.8. The Morgan fingerprint density at radius 3 is 2.33 bits per heavy atom. The number of amides is 1. The van der Waals surface area contributed by atoms with E-state index in [4.69, 9.17) is 0 Å². The summed E-state index contributed by atoms with van der Waals surface area (Å²) in [4.78, 5) is 11.8. The molecule has 1 amide bonds. The number of nitrogens with one attached hydrogen (secondary N) is 1. The van der Waals surface area contributed by atoms with E-state index in [1.54, 1.807) is 6.92 Å². The van der Waals surface area contributed by atoms with Crippen LogP contribution in [-0.4, -0.2) is 17.1 Å². The molecular weight excluding hydrogens is 298 g/mol. The summed E-state index contributed by atoms with van der Waals surface area (Å²) in [7, 11) is 0. The second kappa shape index (κ2) is 5.37. The molecule has 1 fully saturated rings. The first-order chi connectivity index (χ1) is 11.5. The van der Waals surface area contributed by atoms with E-state index >= 15 is 0 Å². The van der Waals surface area contributed by atoms with Gasteiger partial charge in [0.05, 0.1) is 0 Å². The van der Waals surface area contributed by atoms with E-state index < -0.39 is 0 Å². The Bertz CT molecular complexity index is 827. The van der Waals surface area contributed by atoms with Gasteiger partial charge in [-0.05, 0) is 60.1 Å². The van der Waals surface area contributed by atoms with Crippen LogP contribution in [0.2, 0.25) is 0 Å². The minimum atomic E-state index is -0.00152. The van der Waals surface area contributed by atoms with Gasteiger partial charge in [-0.3, -0.25) is 4.79 Å². The number of hydrogen-bond acceptors (Lipinski definition) is 2. The Labute approximate surface area is 142 Å². The molecule has 3 nitrogen and oxygen atoms in total. The first-order valence-corrected chi connectivity index (χ1v) is 8.63. The summed E-state index contributed by atoms with van der Waals surface area (Å²) < 4.78 is 0. The van der Waals surface area contributed by atoms with E-state index in [9.17, 15) is 9.90 Å². The van der Waals surface area contributed by atoms with Crippen molar-refractivity contribution in [3.05, 3.63) is 64.2 Å². The van der Waals surface area contributed by atoms with Gasteiger partial charge in [0.1, 0.15) is 5.75 Å². The van der Waals surface area contributed by atoms with Gasteiger partial charge in [-0.15, -0.1) is 0 Å². The number of fused-ring (bicyclic) bond motifs is 5. The van der Waals surface area contributed by atoms with Gasteiger partial charge in [0, 0.05) is 24.8 Å². The third kappa shape index (κ3) is 2.15. The summed E-state index contributed by atoms with van der Waals surface area (Å²) in [5.41, 5.74) is 5.99. The molecule has 1 saturated carbocycles. The maximum Gasteiger partial charge on any atom is 0.217 e. The molecule has 2 N–H and O–H groups in total. The minimum absolute atomic E-state index is 0.00152. The predicted octanol–water partition coefficient (Wildman–Crippen LogP) is 3.88. The predicted molar refractivity (Wildman–Crippen MR) is 94.5 cm³/mol. The summed E-state index contributed by atoms with van der Waals surface area (Å²) >= 11 is 0. The molecule has 0 saturated heterocycles. The summed E-state index contributed by atoms with van der Waals surface area (Å²) in [5, 5.41) is 13.8. The number of carbonyl (C=O) groups is 1. The number of aryl methyl sites for hydroxylation is 2. The zero-order chi connectivity index (χ0) is 17.0. The Morgan fingerprint density at radius 2 is 1.67 bits per heavy atom. The number of aromatic hydroxyl groups is 1. The van der Waals surface area contributed by atoms with Crippen LogP contribution in [0.15, 0.2) is 36.4 Å². The maximum atomic E-state index is 11.8. The SMILES string of the molecule is CC(=O)NC1C2CC(c3ccccc32)[C@H]1c1cc(C)c(C)cc1O. The van der Waals surface area contributed by atoms with Crippen LogP contribution in [0.25, 0.3) is 0 Å². The average molecular weight is 321 g/mol. The Balaban J connectivity index is 1.85. The molecule has 0 spiro atoms. The Morgan fingerprint density at radius 1 is 1.04 bits per heavy atom. The average Bonchev–Trinajstić information content (AvgIpc) is 3.07. The van der Waals surface area contributed by atoms with E-state index in [0.29, 0.717) is 17.6 Å². The van der Waals surface area contributed by atoms with Crippen molar-refractivity contribution < 1.29 is 9.90 Å². The highest BCUT2D eigenvalue weighted by atomic mass is 16.3. The second-order valence-electron chi connectivity index (χ2n) is 7.32. The summed E-state index contributed by atoms with van der Waals surface area (Å²) in [6.07, 6.45) is 1.04. The van der Waals surface area contributed by atoms with Gasteiger partial charge in [-0.1, -0.05) is 30.3 Å². The topological polar surface area (TPSA) is 49.3 Å². The van der Waals surface area contributed by atoms with Gasteiger partial charge < -0.3 is 10.4 Å². The first-order valence-electron chi connectivity index (χ1n) is 8.63. The van der Waals surface area contributed by atoms with E-state index in [1.165, 1.54) is 16.7 Å². The lowest BCUT2D eigenvalue weighted by Gasteiger charge is -2.34. The number of carbonyl (C=O) groups excluding carboxylic acids is 1. The van der Waals surface area contributed by atoms with Crippen LogP contribution < -0.4 is 5.32 Å². The number of hydrogen-bond donors (Lipinski definition) is 2. The van der Waals surface area contributed by atoms with E-state index in [-0.39, 0.29) is 17.9 Å². The Hall–Kier alpha value is -2.29. The van der Waals surface area contributed by atoms with Crippen molar-refractivity contribution >= 4 is 5.91 Å². The molecule has 2 aliphatic rings. The molecule has 24 heavy (non-hydrogen) atoms. The summed E-state index contributed by atoms with van der Waals surface area (Å²) in [6.45, 7) is 5.67. The minimum Gasteiger partial charge on any atom is -0.508 e. The molecule has 3 heteroatoms. The van der Waals surface area contributed by atoms with Gasteiger partial charge in [0.15, 0.2) is 0 Å². The molecule has 2 bridgehead atoms. The van der Waals surface area contributed by atoms with Crippen LogP contribution in [0.1, 0.15) is 58.9 Å². The largest absolute Gasteiger partial charge is 0.508 e. The normalized spacial score (nSPS) is 27.1. The van der Waals surface area contributed by atoms with E-state index in [1.807, 2.05) is 13.0 Å². The third-order valence-electron chi connectivity index (χ3n) is 5.93. The standard InChI is InChI=1S/C21H23NO2/c1-11-8-18(19(24)9-12(11)2)20-16-10-17(21(20)22-13(3)23)15-7-5-4-6-14(15)16/h4-9,16-17,20-21,24H,10H2,1-3H3,(H,22,23)/t16?,17?,20-,21?/m0/s1. The fourth-order valence-corrected chi connectivity index (χ4v) is 4.82. The number of benzene rings is 2. The van der Waals surface area contributed by atoms with Crippen LogP contribution in [0, 0.1) is 13.8 Å². The van der Waals surface area contributed by atoms with Crippen LogP contribution in [0.5, 0.6) is 5.75 Å². The lowest BCUT2D eigenvalue weighted by molar-refractivity contribution is -0.119. The fraction of sp³-hybridized carbons (Fsp3) is 0.381. The lowest BCUT2D eigenvalue weighted by Crippen LogP contribution is -2.41. The monoisotopic (exact) mass is 321 g/mol. The van der Waals surface area contributed by atoms with Crippen LogP contribution >= 0.6 is 0 Å². The zero-order valence-corrected chi connectivity index (χ0v) is 14.3. The molecule has 4 atom stereocenters. The zero-order valence-electron chi connectivity index (χ0n) is 14.3.